The molecule has 1 aromatic rings. The molecule has 0 amide bonds. The Morgan fingerprint density at radius 1 is 1.35 bits per heavy atom. The van der Waals surface area contributed by atoms with Gasteiger partial charge in [0.05, 0.1) is 0 Å². The zero-order valence-corrected chi connectivity index (χ0v) is 13.0. The Kier molecular flexibility index (Phi) is 5.59. The SMILES string of the molecule is CNCc1ccc(S(=O)(=O)N(CC(F)(F)F)C(C)C)s1. The lowest BCUT2D eigenvalue weighted by Gasteiger charge is -2.26. The highest BCUT2D eigenvalue weighted by atomic mass is 32.2. The number of halogens is 3. The van der Waals surface area contributed by atoms with Crippen LogP contribution in [-0.2, 0) is 16.6 Å². The summed E-state index contributed by atoms with van der Waals surface area (Å²) in [5.41, 5.74) is 0. The summed E-state index contributed by atoms with van der Waals surface area (Å²) in [6.07, 6.45) is -4.57. The number of nitrogens with zero attached hydrogens (tertiary/aromatic N) is 1. The Hall–Kier alpha value is -0.640. The highest BCUT2D eigenvalue weighted by Crippen LogP contribution is 2.29. The summed E-state index contributed by atoms with van der Waals surface area (Å²) in [5, 5.41) is 2.86. The van der Waals surface area contributed by atoms with Crippen LogP contribution in [0.2, 0.25) is 0 Å². The van der Waals surface area contributed by atoms with Gasteiger partial charge in [-0.05, 0) is 33.0 Å². The van der Waals surface area contributed by atoms with E-state index in [1.165, 1.54) is 19.9 Å². The third-order valence-corrected chi connectivity index (χ3v) is 6.04. The van der Waals surface area contributed by atoms with Crippen LogP contribution in [0.4, 0.5) is 13.2 Å². The molecule has 1 heterocycles. The summed E-state index contributed by atoms with van der Waals surface area (Å²) in [6.45, 7) is 1.84. The van der Waals surface area contributed by atoms with Gasteiger partial charge in [0.15, 0.2) is 0 Å². The van der Waals surface area contributed by atoms with Gasteiger partial charge in [-0.2, -0.15) is 17.5 Å². The molecule has 0 aliphatic heterocycles. The summed E-state index contributed by atoms with van der Waals surface area (Å²) in [5.74, 6) is 0. The molecular weight excluding hydrogens is 313 g/mol. The Morgan fingerprint density at radius 2 is 1.95 bits per heavy atom. The number of hydrogen-bond acceptors (Lipinski definition) is 4. The van der Waals surface area contributed by atoms with Gasteiger partial charge in [0.1, 0.15) is 10.8 Å². The van der Waals surface area contributed by atoms with E-state index in [1.54, 1.807) is 13.1 Å². The van der Waals surface area contributed by atoms with Gasteiger partial charge in [0.25, 0.3) is 10.0 Å². The summed E-state index contributed by atoms with van der Waals surface area (Å²) in [6, 6.07) is 2.18. The first-order valence-electron chi connectivity index (χ1n) is 5.90. The van der Waals surface area contributed by atoms with E-state index in [9.17, 15) is 21.6 Å². The minimum Gasteiger partial charge on any atom is -0.315 e. The first-order chi connectivity index (χ1) is 9.08. The molecule has 20 heavy (non-hydrogen) atoms. The van der Waals surface area contributed by atoms with Crippen LogP contribution in [0.1, 0.15) is 18.7 Å². The van der Waals surface area contributed by atoms with E-state index in [0.717, 1.165) is 16.2 Å². The largest absolute Gasteiger partial charge is 0.402 e. The van der Waals surface area contributed by atoms with Crippen LogP contribution in [0.25, 0.3) is 0 Å². The molecule has 0 unspecified atom stereocenters. The maximum Gasteiger partial charge on any atom is 0.402 e. The molecule has 0 aliphatic carbocycles. The third-order valence-electron chi connectivity index (χ3n) is 2.46. The highest BCUT2D eigenvalue weighted by Gasteiger charge is 2.39. The minimum absolute atomic E-state index is 0.0688. The van der Waals surface area contributed by atoms with E-state index < -0.39 is 28.8 Å². The van der Waals surface area contributed by atoms with E-state index >= 15 is 0 Å². The molecule has 1 rings (SSSR count). The second-order valence-electron chi connectivity index (χ2n) is 4.51. The van der Waals surface area contributed by atoms with Gasteiger partial charge in [0.2, 0.25) is 0 Å². The van der Waals surface area contributed by atoms with Crippen molar-refractivity contribution >= 4 is 21.4 Å². The number of thiophene rings is 1. The van der Waals surface area contributed by atoms with Gasteiger partial charge in [-0.3, -0.25) is 0 Å². The van der Waals surface area contributed by atoms with Crippen molar-refractivity contribution in [1.82, 2.24) is 9.62 Å². The number of sulfonamides is 1. The first kappa shape index (κ1) is 17.4. The fourth-order valence-corrected chi connectivity index (χ4v) is 4.72. The van der Waals surface area contributed by atoms with E-state index in [2.05, 4.69) is 5.32 Å². The Labute approximate surface area is 120 Å². The predicted molar refractivity (Wildman–Crippen MR) is 72.2 cm³/mol. The second kappa shape index (κ2) is 6.42. The van der Waals surface area contributed by atoms with Crippen LogP contribution in [0.15, 0.2) is 16.3 Å². The van der Waals surface area contributed by atoms with Gasteiger partial charge >= 0.3 is 6.18 Å². The molecule has 4 nitrogen and oxygen atoms in total. The molecular formula is C11H17F3N2O2S2. The smallest absolute Gasteiger partial charge is 0.315 e. The molecule has 0 radical (unpaired) electrons. The van der Waals surface area contributed by atoms with Crippen molar-refractivity contribution in [2.75, 3.05) is 13.6 Å². The molecule has 0 saturated heterocycles. The molecule has 0 aromatic carbocycles. The van der Waals surface area contributed by atoms with Crippen molar-refractivity contribution in [1.29, 1.82) is 0 Å². The van der Waals surface area contributed by atoms with E-state index in [0.29, 0.717) is 10.8 Å². The third kappa shape index (κ3) is 4.44. The molecule has 0 aliphatic rings. The zero-order valence-electron chi connectivity index (χ0n) is 11.4. The maximum absolute atomic E-state index is 12.5. The normalized spacial score (nSPS) is 13.4. The van der Waals surface area contributed by atoms with Crippen LogP contribution < -0.4 is 5.32 Å². The van der Waals surface area contributed by atoms with Crippen LogP contribution in [-0.4, -0.2) is 38.5 Å². The van der Waals surface area contributed by atoms with Crippen LogP contribution in [0.5, 0.6) is 0 Å². The van der Waals surface area contributed by atoms with E-state index in [1.807, 2.05) is 0 Å². The zero-order chi connectivity index (χ0) is 15.6. The Morgan fingerprint density at radius 3 is 2.40 bits per heavy atom. The second-order valence-corrected chi connectivity index (χ2v) is 7.80. The van der Waals surface area contributed by atoms with Gasteiger partial charge in [-0.25, -0.2) is 8.42 Å². The van der Waals surface area contributed by atoms with Crippen molar-refractivity contribution in [2.24, 2.45) is 0 Å². The molecule has 0 bridgehead atoms. The molecule has 1 aromatic heterocycles. The standard InChI is InChI=1S/C11H17F3N2O2S2/c1-8(2)16(7-11(12,13)14)20(17,18)10-5-4-9(19-10)6-15-3/h4-5,8,15H,6-7H2,1-3H3. The summed E-state index contributed by atoms with van der Waals surface area (Å²) in [4.78, 5) is 0.752. The van der Waals surface area contributed by atoms with Gasteiger partial charge in [-0.15, -0.1) is 11.3 Å². The average Bonchev–Trinajstić information content (AvgIpc) is 2.74. The maximum atomic E-state index is 12.5. The average molecular weight is 330 g/mol. The molecule has 1 N–H and O–H groups in total. The van der Waals surface area contributed by atoms with Gasteiger partial charge in [-0.1, -0.05) is 0 Å². The number of hydrogen-bond donors (Lipinski definition) is 1. The van der Waals surface area contributed by atoms with Crippen LogP contribution in [0, 0.1) is 0 Å². The summed E-state index contributed by atoms with van der Waals surface area (Å²) >= 11 is 0.977. The molecule has 0 fully saturated rings. The van der Waals surface area contributed by atoms with Crippen LogP contribution in [0.3, 0.4) is 0 Å². The lowest BCUT2D eigenvalue weighted by molar-refractivity contribution is -0.138. The van der Waals surface area contributed by atoms with Crippen molar-refractivity contribution in [2.45, 2.75) is 36.8 Å². The Bertz CT molecular complexity index is 538. The number of rotatable bonds is 6. The highest BCUT2D eigenvalue weighted by molar-refractivity contribution is 7.91. The fourth-order valence-electron chi connectivity index (χ4n) is 1.60. The monoisotopic (exact) mass is 330 g/mol. The Balaban J connectivity index is 3.09. The van der Waals surface area contributed by atoms with Gasteiger partial charge < -0.3 is 5.32 Å². The molecule has 0 atom stereocenters. The van der Waals surface area contributed by atoms with Crippen molar-refractivity contribution in [3.63, 3.8) is 0 Å². The van der Waals surface area contributed by atoms with Gasteiger partial charge in [0, 0.05) is 17.5 Å². The topological polar surface area (TPSA) is 49.4 Å². The lowest BCUT2D eigenvalue weighted by atomic mass is 10.4. The lowest BCUT2D eigenvalue weighted by Crippen LogP contribution is -2.42. The summed E-state index contributed by atoms with van der Waals surface area (Å²) in [7, 11) is -2.42. The molecule has 0 saturated carbocycles. The number of nitrogens with one attached hydrogen (secondary N) is 1. The molecule has 0 spiro atoms. The van der Waals surface area contributed by atoms with Crippen molar-refractivity contribution in [3.05, 3.63) is 17.0 Å². The van der Waals surface area contributed by atoms with Crippen molar-refractivity contribution < 1.29 is 21.6 Å². The van der Waals surface area contributed by atoms with Crippen LogP contribution >= 0.6 is 11.3 Å². The first-order valence-corrected chi connectivity index (χ1v) is 8.15. The minimum atomic E-state index is -4.57. The van der Waals surface area contributed by atoms with E-state index in [4.69, 9.17) is 0 Å². The van der Waals surface area contributed by atoms with Crippen molar-refractivity contribution in [3.8, 4) is 0 Å². The molecule has 116 valence electrons. The quantitative estimate of drug-likeness (QED) is 0.871. The summed E-state index contributed by atoms with van der Waals surface area (Å²) < 4.78 is 62.6. The fraction of sp³-hybridized carbons (Fsp3) is 0.636. The number of alkyl halides is 3. The molecule has 9 heteroatoms. The predicted octanol–water partition coefficient (Wildman–Crippen LogP) is 2.43. The van der Waals surface area contributed by atoms with E-state index in [-0.39, 0.29) is 4.21 Å².